The van der Waals surface area contributed by atoms with Crippen molar-refractivity contribution >= 4 is 17.6 Å². The first-order chi connectivity index (χ1) is 17.4. The van der Waals surface area contributed by atoms with E-state index in [0.29, 0.717) is 29.0 Å². The zero-order chi connectivity index (χ0) is 25.7. The van der Waals surface area contributed by atoms with Crippen LogP contribution in [-0.2, 0) is 22.6 Å². The number of amides is 1. The lowest BCUT2D eigenvalue weighted by Crippen LogP contribution is -2.23. The van der Waals surface area contributed by atoms with Gasteiger partial charge in [0, 0.05) is 23.9 Å². The van der Waals surface area contributed by atoms with Gasteiger partial charge in [0.25, 0.3) is 0 Å². The summed E-state index contributed by atoms with van der Waals surface area (Å²) in [7, 11) is 2.86. The Hall–Kier alpha value is -4.41. The van der Waals surface area contributed by atoms with Crippen LogP contribution in [0.25, 0.3) is 0 Å². The number of carboxylic acids is 1. The number of rotatable bonds is 11. The molecule has 0 radical (unpaired) electrons. The molecule has 3 heterocycles. The minimum Gasteiger partial charge on any atom is -0.493 e. The topological polar surface area (TPSA) is 132 Å². The number of carbonyl (C=O) groups is 2. The van der Waals surface area contributed by atoms with E-state index in [0.717, 1.165) is 5.56 Å². The van der Waals surface area contributed by atoms with Crippen molar-refractivity contribution in [2.45, 2.75) is 25.4 Å². The number of aromatic nitrogens is 1. The summed E-state index contributed by atoms with van der Waals surface area (Å²) in [6.45, 7) is -0.324. The summed E-state index contributed by atoms with van der Waals surface area (Å²) in [5.41, 5.74) is 2.56. The lowest BCUT2D eigenvalue weighted by Gasteiger charge is -2.15. The Labute approximate surface area is 205 Å². The number of carboxylic acid groups (broad SMARTS) is 1. The van der Waals surface area contributed by atoms with Gasteiger partial charge < -0.3 is 29.1 Å². The Balaban J connectivity index is 1.56. The van der Waals surface area contributed by atoms with E-state index in [9.17, 15) is 14.0 Å². The van der Waals surface area contributed by atoms with Gasteiger partial charge in [0.1, 0.15) is 5.76 Å². The molecule has 1 atom stereocenters. The van der Waals surface area contributed by atoms with E-state index in [-0.39, 0.29) is 36.1 Å². The number of carbonyl (C=O) groups excluding carboxylic acids is 1. The minimum absolute atomic E-state index is 0.0231. The number of methoxy groups -OCH3 is 2. The van der Waals surface area contributed by atoms with Gasteiger partial charge in [-0.3, -0.25) is 9.79 Å². The van der Waals surface area contributed by atoms with Crippen LogP contribution in [0.3, 0.4) is 0 Å². The third-order valence-corrected chi connectivity index (χ3v) is 5.53. The number of fused-ring (bicyclic) bond motifs is 1. The summed E-state index contributed by atoms with van der Waals surface area (Å²) in [5, 5.41) is 11.7. The van der Waals surface area contributed by atoms with Crippen molar-refractivity contribution in [1.82, 2.24) is 10.3 Å². The Kier molecular flexibility index (Phi) is 7.47. The zero-order valence-electron chi connectivity index (χ0n) is 19.6. The van der Waals surface area contributed by atoms with Gasteiger partial charge in [0.05, 0.1) is 39.5 Å². The van der Waals surface area contributed by atoms with Gasteiger partial charge >= 0.3 is 5.97 Å². The van der Waals surface area contributed by atoms with Crippen molar-refractivity contribution in [3.63, 3.8) is 0 Å². The molecule has 3 aromatic rings. The van der Waals surface area contributed by atoms with Crippen molar-refractivity contribution in [2.24, 2.45) is 4.99 Å². The van der Waals surface area contributed by atoms with Crippen LogP contribution in [0.15, 0.2) is 52.2 Å². The summed E-state index contributed by atoms with van der Waals surface area (Å²) in [6.07, 6.45) is 3.25. The molecule has 0 bridgehead atoms. The fourth-order valence-electron chi connectivity index (χ4n) is 3.94. The number of furan rings is 1. The van der Waals surface area contributed by atoms with E-state index in [2.05, 4.69) is 10.3 Å². The average molecular weight is 497 g/mol. The molecule has 2 aromatic heterocycles. The molecule has 1 amide bonds. The Bertz CT molecular complexity index is 1270. The fourth-order valence-corrected chi connectivity index (χ4v) is 3.94. The highest BCUT2D eigenvalue weighted by Gasteiger charge is 2.29. The molecule has 188 valence electrons. The van der Waals surface area contributed by atoms with Crippen LogP contribution in [0.1, 0.15) is 34.9 Å². The molecule has 36 heavy (non-hydrogen) atoms. The van der Waals surface area contributed by atoms with Crippen molar-refractivity contribution in [3.8, 4) is 17.2 Å². The van der Waals surface area contributed by atoms with Gasteiger partial charge in [-0.15, -0.1) is 0 Å². The molecule has 1 aromatic carbocycles. The Morgan fingerprint density at radius 3 is 2.58 bits per heavy atom. The summed E-state index contributed by atoms with van der Waals surface area (Å²) in [4.78, 5) is 31.9. The molecule has 0 spiro atoms. The number of ether oxygens (including phenoxy) is 3. The standard InChI is InChI=1S/C25H24FN3O7/c1-33-20-7-14(8-21(34-2)25(20)36-13-24(31)32)6-18-17-12-27-22(26)9-16(17)19(29-18)10-23(30)28-11-15-4-3-5-35-15/h3-5,7-9,12,19H,6,10-11,13H2,1-2H3,(H,28,30)(H,31,32). The molecule has 10 nitrogen and oxygen atoms in total. The molecule has 4 rings (SSSR count). The third kappa shape index (κ3) is 5.62. The number of benzene rings is 1. The molecule has 1 aliphatic heterocycles. The van der Waals surface area contributed by atoms with Crippen LogP contribution in [0, 0.1) is 5.95 Å². The molecule has 1 unspecified atom stereocenters. The van der Waals surface area contributed by atoms with Crippen molar-refractivity contribution in [2.75, 3.05) is 20.8 Å². The molecule has 11 heteroatoms. The van der Waals surface area contributed by atoms with Crippen LogP contribution in [0.2, 0.25) is 0 Å². The van der Waals surface area contributed by atoms with E-state index >= 15 is 0 Å². The molecule has 0 fully saturated rings. The minimum atomic E-state index is -1.14. The molecule has 0 aliphatic carbocycles. The number of nitrogens with zero attached hydrogens (tertiary/aromatic N) is 2. The zero-order valence-corrected chi connectivity index (χ0v) is 19.6. The maximum atomic E-state index is 14.0. The van der Waals surface area contributed by atoms with Crippen LogP contribution in [0.4, 0.5) is 4.39 Å². The van der Waals surface area contributed by atoms with E-state index in [1.165, 1.54) is 32.7 Å². The summed E-state index contributed by atoms with van der Waals surface area (Å²) < 4.78 is 35.3. The second-order valence-corrected chi connectivity index (χ2v) is 7.93. The molecule has 0 saturated heterocycles. The molecule has 1 aliphatic rings. The largest absolute Gasteiger partial charge is 0.493 e. The number of nitrogens with one attached hydrogen (secondary N) is 1. The van der Waals surface area contributed by atoms with E-state index in [1.54, 1.807) is 24.3 Å². The number of hydrogen-bond donors (Lipinski definition) is 2. The first kappa shape index (κ1) is 24.7. The summed E-state index contributed by atoms with van der Waals surface area (Å²) in [6, 6.07) is 7.56. The van der Waals surface area contributed by atoms with E-state index in [4.69, 9.17) is 28.7 Å². The first-order valence-electron chi connectivity index (χ1n) is 11.0. The van der Waals surface area contributed by atoms with E-state index in [1.807, 2.05) is 0 Å². The number of aliphatic carboxylic acids is 1. The smallest absolute Gasteiger partial charge is 0.341 e. The average Bonchev–Trinajstić information content (AvgIpc) is 3.49. The summed E-state index contributed by atoms with van der Waals surface area (Å²) >= 11 is 0. The van der Waals surface area contributed by atoms with E-state index < -0.39 is 24.6 Å². The fraction of sp³-hybridized carbons (Fsp3) is 0.280. The van der Waals surface area contributed by atoms with Gasteiger partial charge in [-0.1, -0.05) is 0 Å². The molecular formula is C25H24FN3O7. The van der Waals surface area contributed by atoms with Crippen molar-refractivity contribution < 1.29 is 37.7 Å². The van der Waals surface area contributed by atoms with Crippen molar-refractivity contribution in [3.05, 3.63) is 71.2 Å². The maximum absolute atomic E-state index is 14.0. The number of halogens is 1. The highest BCUT2D eigenvalue weighted by atomic mass is 19.1. The normalized spacial score (nSPS) is 14.1. The second kappa shape index (κ2) is 10.9. The lowest BCUT2D eigenvalue weighted by atomic mass is 9.98. The van der Waals surface area contributed by atoms with Crippen LogP contribution < -0.4 is 19.5 Å². The van der Waals surface area contributed by atoms with Crippen LogP contribution in [0.5, 0.6) is 17.2 Å². The SMILES string of the molecule is COc1cc(CC2=NC(CC(=O)NCc3ccco3)c3cc(F)ncc32)cc(OC)c1OCC(=O)O. The van der Waals surface area contributed by atoms with Crippen molar-refractivity contribution in [1.29, 1.82) is 0 Å². The molecule has 0 saturated carbocycles. The number of hydrogen-bond acceptors (Lipinski definition) is 8. The quantitative estimate of drug-likeness (QED) is 0.386. The molecular weight excluding hydrogens is 473 g/mol. The number of pyridine rings is 1. The van der Waals surface area contributed by atoms with Gasteiger partial charge in [-0.25, -0.2) is 9.78 Å². The first-order valence-corrected chi connectivity index (χ1v) is 11.0. The second-order valence-electron chi connectivity index (χ2n) is 7.93. The third-order valence-electron chi connectivity index (χ3n) is 5.53. The number of aliphatic imine (C=N–C) groups is 1. The van der Waals surface area contributed by atoms with Gasteiger partial charge in [0.15, 0.2) is 18.1 Å². The van der Waals surface area contributed by atoms with Gasteiger partial charge in [-0.05, 0) is 41.5 Å². The maximum Gasteiger partial charge on any atom is 0.341 e. The Morgan fingerprint density at radius 1 is 1.19 bits per heavy atom. The predicted molar refractivity (Wildman–Crippen MR) is 125 cm³/mol. The van der Waals surface area contributed by atoms with Crippen LogP contribution in [-0.4, -0.2) is 48.5 Å². The summed E-state index contributed by atoms with van der Waals surface area (Å²) in [5.74, 6) is -0.699. The van der Waals surface area contributed by atoms with Crippen LogP contribution >= 0.6 is 0 Å². The highest BCUT2D eigenvalue weighted by Crippen LogP contribution is 2.40. The Morgan fingerprint density at radius 2 is 1.94 bits per heavy atom. The van der Waals surface area contributed by atoms with Gasteiger partial charge in [-0.2, -0.15) is 4.39 Å². The van der Waals surface area contributed by atoms with Gasteiger partial charge in [0.2, 0.25) is 17.6 Å². The molecule has 2 N–H and O–H groups in total. The monoisotopic (exact) mass is 497 g/mol. The highest BCUT2D eigenvalue weighted by molar-refractivity contribution is 6.05. The predicted octanol–water partition coefficient (Wildman–Crippen LogP) is 3.09. The lowest BCUT2D eigenvalue weighted by molar-refractivity contribution is -0.139.